The third-order valence-electron chi connectivity index (χ3n) is 8.99. The number of carbonyl (C=O) groups excluding carboxylic acids is 3. The molecule has 1 unspecified atom stereocenters. The van der Waals surface area contributed by atoms with Crippen LogP contribution in [0.1, 0.15) is 45.5 Å². The van der Waals surface area contributed by atoms with Crippen LogP contribution in [0.4, 0.5) is 20.2 Å². The molecule has 0 bridgehead atoms. The summed E-state index contributed by atoms with van der Waals surface area (Å²) in [5.74, 6) is -2.22. The van der Waals surface area contributed by atoms with Crippen molar-refractivity contribution in [3.63, 3.8) is 0 Å². The molecule has 3 aliphatic rings. The lowest BCUT2D eigenvalue weighted by Gasteiger charge is -2.36. The third kappa shape index (κ3) is 5.29. The van der Waals surface area contributed by atoms with Crippen LogP contribution in [0.5, 0.6) is 0 Å². The van der Waals surface area contributed by atoms with Crippen LogP contribution in [0.3, 0.4) is 0 Å². The minimum Gasteiger partial charge on any atom is -0.367 e. The summed E-state index contributed by atoms with van der Waals surface area (Å²) in [6.07, 6.45) is 0.881. The highest BCUT2D eigenvalue weighted by Gasteiger charge is 2.41. The zero-order chi connectivity index (χ0) is 31.2. The highest BCUT2D eigenvalue weighted by molar-refractivity contribution is 6.27. The first-order valence-electron chi connectivity index (χ1n) is 15.0. The smallest absolute Gasteiger partial charge is 0.259 e. The first kappa shape index (κ1) is 28.6. The molecule has 4 aromatic rings. The summed E-state index contributed by atoms with van der Waals surface area (Å²) in [7, 11) is 0. The van der Waals surface area contributed by atoms with Gasteiger partial charge >= 0.3 is 0 Å². The fourth-order valence-corrected chi connectivity index (χ4v) is 6.71. The molecule has 0 radical (unpaired) electrons. The van der Waals surface area contributed by atoms with E-state index in [-0.39, 0.29) is 30.1 Å². The molecule has 1 atom stereocenters. The minimum absolute atomic E-state index is 0.136. The highest BCUT2D eigenvalue weighted by Crippen LogP contribution is 2.42. The normalized spacial score (nSPS) is 18.4. The largest absolute Gasteiger partial charge is 0.367 e. The number of hydrogen-bond donors (Lipinski definition) is 1. The maximum atomic E-state index is 14.8. The zero-order valence-electron chi connectivity index (χ0n) is 24.4. The number of nitrogens with one attached hydrogen (secondary N) is 1. The van der Waals surface area contributed by atoms with Crippen LogP contribution in [-0.4, -0.2) is 54.8 Å². The summed E-state index contributed by atoms with van der Waals surface area (Å²) in [6.45, 7) is 3.69. The van der Waals surface area contributed by atoms with Gasteiger partial charge in [-0.15, -0.1) is 0 Å². The van der Waals surface area contributed by atoms with Crippen molar-refractivity contribution in [3.8, 4) is 6.07 Å². The molecule has 226 valence electrons. The fraction of sp³-hybridized carbons (Fsp3) is 0.257. The predicted octanol–water partition coefficient (Wildman–Crippen LogP) is 4.67. The van der Waals surface area contributed by atoms with Crippen LogP contribution < -0.4 is 15.1 Å². The number of halogens is 2. The topological polar surface area (TPSA) is 96.8 Å². The molecular weight excluding hydrogens is 576 g/mol. The molecule has 4 aromatic carbocycles. The van der Waals surface area contributed by atoms with E-state index in [4.69, 9.17) is 5.26 Å². The minimum atomic E-state index is -0.827. The lowest BCUT2D eigenvalue weighted by atomic mass is 9.95. The molecule has 10 heteroatoms. The van der Waals surface area contributed by atoms with Crippen molar-refractivity contribution >= 4 is 39.9 Å². The number of nitriles is 1. The summed E-state index contributed by atoms with van der Waals surface area (Å²) in [5.41, 5.74) is 4.66. The van der Waals surface area contributed by atoms with Gasteiger partial charge in [-0.25, -0.2) is 8.78 Å². The average molecular weight is 606 g/mol. The number of benzene rings is 4. The van der Waals surface area contributed by atoms with Gasteiger partial charge in [0.15, 0.2) is 0 Å². The summed E-state index contributed by atoms with van der Waals surface area (Å²) >= 11 is 0. The van der Waals surface area contributed by atoms with Gasteiger partial charge in [-0.2, -0.15) is 5.26 Å². The second-order valence-electron chi connectivity index (χ2n) is 11.8. The van der Waals surface area contributed by atoms with E-state index in [0.717, 1.165) is 36.3 Å². The standard InChI is InChI=1S/C35H29F2N5O3/c36-25-17-26-24(6-8-30-33(26)27(18-25)35(45)42(30)31-9-10-32(43)39-34(31)44)15-21-1-3-22(4-2-21)20-40-11-13-41(14-12-40)29-7-5-23(19-38)16-28(29)37/h1-8,16-18,31H,9-15,20H2,(H,39,43,44). The molecule has 0 aliphatic carbocycles. The van der Waals surface area contributed by atoms with Crippen molar-refractivity contribution in [2.24, 2.45) is 0 Å². The highest BCUT2D eigenvalue weighted by atomic mass is 19.1. The number of imide groups is 1. The van der Waals surface area contributed by atoms with E-state index in [0.29, 0.717) is 47.2 Å². The zero-order valence-corrected chi connectivity index (χ0v) is 24.4. The van der Waals surface area contributed by atoms with Gasteiger partial charge in [0, 0.05) is 44.5 Å². The lowest BCUT2D eigenvalue weighted by molar-refractivity contribution is -0.134. The molecule has 3 heterocycles. The molecular formula is C35H29F2N5O3. The van der Waals surface area contributed by atoms with Crippen LogP contribution in [0.15, 0.2) is 66.7 Å². The van der Waals surface area contributed by atoms with Crippen molar-refractivity contribution in [1.82, 2.24) is 10.2 Å². The van der Waals surface area contributed by atoms with E-state index in [1.165, 1.54) is 23.1 Å². The Morgan fingerprint density at radius 3 is 2.31 bits per heavy atom. The molecule has 0 spiro atoms. The molecule has 0 saturated carbocycles. The molecule has 2 fully saturated rings. The molecule has 8 nitrogen and oxygen atoms in total. The summed E-state index contributed by atoms with van der Waals surface area (Å²) in [6, 6.07) is 20.3. The van der Waals surface area contributed by atoms with E-state index in [1.807, 2.05) is 23.1 Å². The Morgan fingerprint density at radius 2 is 1.60 bits per heavy atom. The van der Waals surface area contributed by atoms with E-state index < -0.39 is 23.7 Å². The molecule has 3 aliphatic heterocycles. The average Bonchev–Trinajstić information content (AvgIpc) is 3.31. The van der Waals surface area contributed by atoms with Crippen molar-refractivity contribution in [1.29, 1.82) is 5.26 Å². The molecule has 0 aromatic heterocycles. The number of carbonyl (C=O) groups is 3. The molecule has 2 saturated heterocycles. The second-order valence-corrected chi connectivity index (χ2v) is 11.8. The van der Waals surface area contributed by atoms with Crippen LogP contribution in [0.25, 0.3) is 10.8 Å². The van der Waals surface area contributed by atoms with E-state index >= 15 is 0 Å². The number of piperidine rings is 1. The lowest BCUT2D eigenvalue weighted by Crippen LogP contribution is -2.53. The molecule has 1 N–H and O–H groups in total. The molecule has 45 heavy (non-hydrogen) atoms. The van der Waals surface area contributed by atoms with Crippen molar-refractivity contribution in [2.45, 2.75) is 31.8 Å². The van der Waals surface area contributed by atoms with Gasteiger partial charge < -0.3 is 4.90 Å². The van der Waals surface area contributed by atoms with Crippen molar-refractivity contribution in [2.75, 3.05) is 36.0 Å². The summed E-state index contributed by atoms with van der Waals surface area (Å²) < 4.78 is 29.3. The Balaban J connectivity index is 1.05. The fourth-order valence-electron chi connectivity index (χ4n) is 6.71. The van der Waals surface area contributed by atoms with Gasteiger partial charge in [-0.1, -0.05) is 30.3 Å². The van der Waals surface area contributed by atoms with Crippen LogP contribution >= 0.6 is 0 Å². The first-order valence-corrected chi connectivity index (χ1v) is 15.0. The number of hydrogen-bond acceptors (Lipinski definition) is 6. The maximum Gasteiger partial charge on any atom is 0.259 e. The summed E-state index contributed by atoms with van der Waals surface area (Å²) in [4.78, 5) is 43.5. The maximum absolute atomic E-state index is 14.8. The van der Waals surface area contributed by atoms with Gasteiger partial charge in [0.05, 0.1) is 28.6 Å². The van der Waals surface area contributed by atoms with E-state index in [2.05, 4.69) is 34.5 Å². The third-order valence-corrected chi connectivity index (χ3v) is 8.99. The first-order chi connectivity index (χ1) is 21.8. The summed E-state index contributed by atoms with van der Waals surface area (Å²) in [5, 5.41) is 12.6. The number of nitrogens with zero attached hydrogens (tertiary/aromatic N) is 4. The quantitative estimate of drug-likeness (QED) is 0.321. The van der Waals surface area contributed by atoms with Gasteiger partial charge in [0.2, 0.25) is 11.8 Å². The number of piperazine rings is 1. The molecule has 7 rings (SSSR count). The Morgan fingerprint density at radius 1 is 0.867 bits per heavy atom. The number of amides is 3. The van der Waals surface area contributed by atoms with Gasteiger partial charge in [-0.3, -0.25) is 29.5 Å². The van der Waals surface area contributed by atoms with Crippen LogP contribution in [0, 0.1) is 23.0 Å². The van der Waals surface area contributed by atoms with Crippen LogP contribution in [0.2, 0.25) is 0 Å². The Kier molecular flexibility index (Phi) is 7.26. The monoisotopic (exact) mass is 605 g/mol. The van der Waals surface area contributed by atoms with Crippen molar-refractivity contribution in [3.05, 3.63) is 106 Å². The number of rotatable bonds is 6. The molecule has 3 amide bonds. The van der Waals surface area contributed by atoms with E-state index in [1.54, 1.807) is 12.1 Å². The van der Waals surface area contributed by atoms with Gasteiger partial charge in [-0.05, 0) is 71.3 Å². The van der Waals surface area contributed by atoms with Crippen molar-refractivity contribution < 1.29 is 23.2 Å². The number of anilines is 2. The van der Waals surface area contributed by atoms with Gasteiger partial charge in [0.25, 0.3) is 5.91 Å². The Hall–Kier alpha value is -5.14. The van der Waals surface area contributed by atoms with E-state index in [9.17, 15) is 23.2 Å². The second kappa shape index (κ2) is 11.4. The van der Waals surface area contributed by atoms with Gasteiger partial charge in [0.1, 0.15) is 17.7 Å². The van der Waals surface area contributed by atoms with Crippen LogP contribution in [-0.2, 0) is 22.6 Å². The Bertz CT molecular complexity index is 1910. The Labute approximate surface area is 258 Å². The predicted molar refractivity (Wildman–Crippen MR) is 165 cm³/mol. The SMILES string of the molecule is N#Cc1ccc(N2CCN(Cc3ccc(Cc4ccc5c6c(cc(F)cc46)C(=O)N5C4CCC(=O)NC4=O)cc3)CC2)c(F)c1.